The van der Waals surface area contributed by atoms with E-state index < -0.39 is 0 Å². The van der Waals surface area contributed by atoms with Crippen LogP contribution in [-0.4, -0.2) is 36.0 Å². The first-order chi connectivity index (χ1) is 6.29. The molecule has 0 spiro atoms. The molecule has 0 bridgehead atoms. The number of hydrogen-bond donors (Lipinski definition) is 0. The molecule has 13 heavy (non-hydrogen) atoms. The van der Waals surface area contributed by atoms with E-state index >= 15 is 0 Å². The summed E-state index contributed by atoms with van der Waals surface area (Å²) in [5, 5.41) is 0. The second kappa shape index (κ2) is 4.22. The fraction of sp³-hybridized carbons (Fsp3) is 1.00. The summed E-state index contributed by atoms with van der Waals surface area (Å²) in [6, 6.07) is 0. The van der Waals surface area contributed by atoms with Crippen molar-refractivity contribution in [2.24, 2.45) is 5.41 Å². The summed E-state index contributed by atoms with van der Waals surface area (Å²) in [5.74, 6) is 2.74. The first kappa shape index (κ1) is 9.85. The van der Waals surface area contributed by atoms with E-state index in [1.807, 2.05) is 0 Å². The summed E-state index contributed by atoms with van der Waals surface area (Å²) >= 11 is 2.13. The van der Waals surface area contributed by atoms with Gasteiger partial charge in [0.15, 0.2) is 0 Å². The van der Waals surface area contributed by atoms with Gasteiger partial charge in [0, 0.05) is 18.8 Å². The highest BCUT2D eigenvalue weighted by Gasteiger charge is 2.33. The maximum absolute atomic E-state index is 2.69. The Bertz CT molecular complexity index is 157. The summed E-state index contributed by atoms with van der Waals surface area (Å²) in [6.45, 7) is 6.52. The molecular formula is C11H21NS. The summed E-state index contributed by atoms with van der Waals surface area (Å²) in [5.41, 5.74) is 0.689. The van der Waals surface area contributed by atoms with Gasteiger partial charge < -0.3 is 4.90 Å². The lowest BCUT2D eigenvalue weighted by molar-refractivity contribution is 0.0897. The van der Waals surface area contributed by atoms with Gasteiger partial charge in [0.05, 0.1) is 0 Å². The summed E-state index contributed by atoms with van der Waals surface area (Å²) < 4.78 is 0. The van der Waals surface area contributed by atoms with E-state index in [0.717, 1.165) is 0 Å². The van der Waals surface area contributed by atoms with Gasteiger partial charge in [-0.3, -0.25) is 0 Å². The predicted molar refractivity (Wildman–Crippen MR) is 60.3 cm³/mol. The standard InChI is InChI=1S/C11H21NS/c1-11(4-2-5-11)10-12-6-3-8-13-9-7-12/h2-10H2,1H3. The molecule has 0 amide bonds. The third kappa shape index (κ3) is 2.63. The molecule has 0 unspecified atom stereocenters. The van der Waals surface area contributed by atoms with Crippen LogP contribution in [0.3, 0.4) is 0 Å². The zero-order chi connectivity index (χ0) is 9.15. The van der Waals surface area contributed by atoms with Crippen LogP contribution in [0.5, 0.6) is 0 Å². The highest BCUT2D eigenvalue weighted by molar-refractivity contribution is 7.99. The van der Waals surface area contributed by atoms with Crippen LogP contribution in [-0.2, 0) is 0 Å². The summed E-state index contributed by atoms with van der Waals surface area (Å²) in [4.78, 5) is 2.69. The van der Waals surface area contributed by atoms with Crippen LogP contribution < -0.4 is 0 Å². The second-order valence-electron chi connectivity index (χ2n) is 4.91. The molecule has 1 heterocycles. The van der Waals surface area contributed by atoms with Crippen molar-refractivity contribution in [2.75, 3.05) is 31.1 Å². The SMILES string of the molecule is CC1(CN2CCCSCC2)CCC1. The zero-order valence-electron chi connectivity index (χ0n) is 8.72. The average Bonchev–Trinajstić information content (AvgIpc) is 2.30. The molecule has 1 saturated carbocycles. The normalized spacial score (nSPS) is 29.3. The molecule has 2 fully saturated rings. The lowest BCUT2D eigenvalue weighted by Crippen LogP contribution is -2.41. The van der Waals surface area contributed by atoms with Gasteiger partial charge in [0.1, 0.15) is 0 Å². The topological polar surface area (TPSA) is 3.24 Å². The number of rotatable bonds is 2. The highest BCUT2D eigenvalue weighted by atomic mass is 32.2. The van der Waals surface area contributed by atoms with E-state index in [9.17, 15) is 0 Å². The van der Waals surface area contributed by atoms with Gasteiger partial charge in [-0.2, -0.15) is 11.8 Å². The largest absolute Gasteiger partial charge is 0.302 e. The van der Waals surface area contributed by atoms with E-state index in [0.29, 0.717) is 5.41 Å². The van der Waals surface area contributed by atoms with Gasteiger partial charge >= 0.3 is 0 Å². The first-order valence-electron chi connectivity index (χ1n) is 5.59. The fourth-order valence-electron chi connectivity index (χ4n) is 2.43. The minimum absolute atomic E-state index is 0.689. The molecule has 2 aliphatic rings. The molecule has 0 aromatic heterocycles. The Kier molecular flexibility index (Phi) is 3.20. The van der Waals surface area contributed by atoms with Crippen LogP contribution in [0.1, 0.15) is 32.6 Å². The van der Waals surface area contributed by atoms with Crippen molar-refractivity contribution >= 4 is 11.8 Å². The number of hydrogen-bond acceptors (Lipinski definition) is 2. The highest BCUT2D eigenvalue weighted by Crippen LogP contribution is 2.41. The predicted octanol–water partition coefficient (Wildman–Crippen LogP) is 2.62. The fourth-order valence-corrected chi connectivity index (χ4v) is 3.36. The van der Waals surface area contributed by atoms with Crippen molar-refractivity contribution in [3.8, 4) is 0 Å². The van der Waals surface area contributed by atoms with Gasteiger partial charge in [-0.25, -0.2) is 0 Å². The van der Waals surface area contributed by atoms with Gasteiger partial charge in [-0.05, 0) is 37.0 Å². The Morgan fingerprint density at radius 2 is 2.00 bits per heavy atom. The Labute approximate surface area is 86.3 Å². The van der Waals surface area contributed by atoms with Gasteiger partial charge in [-0.1, -0.05) is 13.3 Å². The van der Waals surface area contributed by atoms with Crippen molar-refractivity contribution in [2.45, 2.75) is 32.6 Å². The lowest BCUT2D eigenvalue weighted by atomic mass is 9.70. The van der Waals surface area contributed by atoms with Gasteiger partial charge in [0.25, 0.3) is 0 Å². The van der Waals surface area contributed by atoms with Crippen molar-refractivity contribution < 1.29 is 0 Å². The molecule has 2 rings (SSSR count). The molecule has 1 aliphatic heterocycles. The average molecular weight is 199 g/mol. The van der Waals surface area contributed by atoms with Crippen LogP contribution >= 0.6 is 11.8 Å². The molecule has 0 atom stereocenters. The van der Waals surface area contributed by atoms with Gasteiger partial charge in [0.2, 0.25) is 0 Å². The van der Waals surface area contributed by atoms with E-state index in [1.165, 1.54) is 56.8 Å². The Morgan fingerprint density at radius 1 is 1.15 bits per heavy atom. The summed E-state index contributed by atoms with van der Waals surface area (Å²) in [7, 11) is 0. The molecule has 76 valence electrons. The van der Waals surface area contributed by atoms with E-state index in [2.05, 4.69) is 23.6 Å². The second-order valence-corrected chi connectivity index (χ2v) is 6.13. The molecule has 2 heteroatoms. The lowest BCUT2D eigenvalue weighted by Gasteiger charge is -2.42. The molecular weight excluding hydrogens is 178 g/mol. The number of thioether (sulfide) groups is 1. The van der Waals surface area contributed by atoms with Crippen molar-refractivity contribution in [3.05, 3.63) is 0 Å². The smallest absolute Gasteiger partial charge is 0.00726 e. The molecule has 0 radical (unpaired) electrons. The quantitative estimate of drug-likeness (QED) is 0.672. The first-order valence-corrected chi connectivity index (χ1v) is 6.74. The summed E-state index contributed by atoms with van der Waals surface area (Å²) in [6.07, 6.45) is 5.81. The third-order valence-corrected chi connectivity index (χ3v) is 4.53. The molecule has 0 aromatic carbocycles. The monoisotopic (exact) mass is 199 g/mol. The van der Waals surface area contributed by atoms with E-state index in [4.69, 9.17) is 0 Å². The van der Waals surface area contributed by atoms with Crippen molar-refractivity contribution in [1.29, 1.82) is 0 Å². The van der Waals surface area contributed by atoms with E-state index in [1.54, 1.807) is 0 Å². The van der Waals surface area contributed by atoms with Crippen LogP contribution in [0.4, 0.5) is 0 Å². The Morgan fingerprint density at radius 3 is 2.69 bits per heavy atom. The minimum atomic E-state index is 0.689. The minimum Gasteiger partial charge on any atom is -0.302 e. The zero-order valence-corrected chi connectivity index (χ0v) is 9.54. The third-order valence-electron chi connectivity index (χ3n) is 3.48. The van der Waals surface area contributed by atoms with Crippen LogP contribution in [0.15, 0.2) is 0 Å². The molecule has 1 nitrogen and oxygen atoms in total. The maximum Gasteiger partial charge on any atom is 0.00726 e. The van der Waals surface area contributed by atoms with Gasteiger partial charge in [-0.15, -0.1) is 0 Å². The molecule has 0 aromatic rings. The Hall–Kier alpha value is 0.310. The molecule has 0 N–H and O–H groups in total. The van der Waals surface area contributed by atoms with Crippen LogP contribution in [0.25, 0.3) is 0 Å². The van der Waals surface area contributed by atoms with Crippen LogP contribution in [0, 0.1) is 5.41 Å². The van der Waals surface area contributed by atoms with E-state index in [-0.39, 0.29) is 0 Å². The van der Waals surface area contributed by atoms with Crippen molar-refractivity contribution in [1.82, 2.24) is 4.90 Å². The van der Waals surface area contributed by atoms with Crippen LogP contribution in [0.2, 0.25) is 0 Å². The molecule has 1 aliphatic carbocycles. The molecule has 1 saturated heterocycles. The number of nitrogens with zero attached hydrogens (tertiary/aromatic N) is 1. The van der Waals surface area contributed by atoms with Crippen molar-refractivity contribution in [3.63, 3.8) is 0 Å². The Balaban J connectivity index is 1.78. The maximum atomic E-state index is 2.69.